The Morgan fingerprint density at radius 3 is 2.41 bits per heavy atom. The molecule has 2 aromatic carbocycles. The molecule has 9 nitrogen and oxygen atoms in total. The Labute approximate surface area is 201 Å². The highest BCUT2D eigenvalue weighted by Crippen LogP contribution is 2.27. The van der Waals surface area contributed by atoms with Gasteiger partial charge in [-0.15, -0.1) is 0 Å². The molecule has 1 atom stereocenters. The second kappa shape index (κ2) is 10.7. The molecule has 174 valence electrons. The number of benzene rings is 2. The highest BCUT2D eigenvalue weighted by atomic mass is 35.5. The van der Waals surface area contributed by atoms with Crippen LogP contribution < -0.4 is 28.0 Å². The van der Waals surface area contributed by atoms with Crippen LogP contribution in [-0.4, -0.2) is 16.3 Å². The first-order valence-corrected chi connectivity index (χ1v) is 10.7. The summed E-state index contributed by atoms with van der Waals surface area (Å²) in [6.45, 7) is 3.71. The first-order valence-electron chi connectivity index (χ1n) is 10.4. The number of halogens is 1. The summed E-state index contributed by atoms with van der Waals surface area (Å²) in [6, 6.07) is 16.1. The minimum atomic E-state index is -0.761. The lowest BCUT2D eigenvalue weighted by Crippen LogP contribution is -2.36. The summed E-state index contributed by atoms with van der Waals surface area (Å²) in [4.78, 5) is 26.1. The zero-order chi connectivity index (χ0) is 24.8. The number of hydrogen-bond acceptors (Lipinski definition) is 6. The molecule has 6 N–H and O–H groups in total. The van der Waals surface area contributed by atoms with Crippen molar-refractivity contribution in [2.75, 3.05) is 5.32 Å². The smallest absolute Gasteiger partial charge is 0.251 e. The SMILES string of the molecule is CC(C)C(C(=O)Nc1ccc(/C(=N/N)NN)cc1)n1ccc(-c2cc(Cl)ccc2C#N)cc1=O. The Bertz CT molecular complexity index is 1320. The molecule has 0 aliphatic rings. The fourth-order valence-corrected chi connectivity index (χ4v) is 3.79. The summed E-state index contributed by atoms with van der Waals surface area (Å²) in [6.07, 6.45) is 1.56. The molecule has 0 spiro atoms. The molecule has 0 saturated heterocycles. The molecule has 34 heavy (non-hydrogen) atoms. The quantitative estimate of drug-likeness (QED) is 0.185. The number of nitriles is 1. The van der Waals surface area contributed by atoms with E-state index >= 15 is 0 Å². The highest BCUT2D eigenvalue weighted by Gasteiger charge is 2.25. The van der Waals surface area contributed by atoms with E-state index in [2.05, 4.69) is 21.9 Å². The topological polar surface area (TPSA) is 151 Å². The van der Waals surface area contributed by atoms with Crippen LogP contribution in [0.2, 0.25) is 5.02 Å². The van der Waals surface area contributed by atoms with Gasteiger partial charge in [-0.1, -0.05) is 25.4 Å². The lowest BCUT2D eigenvalue weighted by Gasteiger charge is -2.23. The van der Waals surface area contributed by atoms with Crippen LogP contribution in [0.5, 0.6) is 0 Å². The second-order valence-electron chi connectivity index (χ2n) is 7.84. The van der Waals surface area contributed by atoms with Gasteiger partial charge in [-0.05, 0) is 60.0 Å². The number of amidine groups is 1. The average molecular weight is 478 g/mol. The van der Waals surface area contributed by atoms with Gasteiger partial charge in [0.25, 0.3) is 5.56 Å². The van der Waals surface area contributed by atoms with Gasteiger partial charge in [0.15, 0.2) is 5.84 Å². The maximum absolute atomic E-state index is 13.1. The Kier molecular flexibility index (Phi) is 7.68. The van der Waals surface area contributed by atoms with Crippen molar-refractivity contribution in [2.45, 2.75) is 19.9 Å². The molecule has 3 rings (SSSR count). The van der Waals surface area contributed by atoms with E-state index in [0.717, 1.165) is 0 Å². The predicted octanol–water partition coefficient (Wildman–Crippen LogP) is 2.96. The van der Waals surface area contributed by atoms with E-state index in [4.69, 9.17) is 23.3 Å². The number of amides is 1. The Hall–Kier alpha value is -4.13. The molecule has 1 amide bonds. The third-order valence-electron chi connectivity index (χ3n) is 5.25. The molecule has 0 radical (unpaired) electrons. The van der Waals surface area contributed by atoms with Crippen molar-refractivity contribution in [3.05, 3.63) is 87.3 Å². The van der Waals surface area contributed by atoms with Crippen LogP contribution in [0.3, 0.4) is 0 Å². The fraction of sp³-hybridized carbons (Fsp3) is 0.167. The van der Waals surface area contributed by atoms with Crippen molar-refractivity contribution in [1.29, 1.82) is 5.26 Å². The van der Waals surface area contributed by atoms with Gasteiger partial charge in [-0.25, -0.2) is 5.84 Å². The number of hydrogen-bond donors (Lipinski definition) is 4. The van der Waals surface area contributed by atoms with E-state index in [9.17, 15) is 14.9 Å². The van der Waals surface area contributed by atoms with Crippen LogP contribution >= 0.6 is 11.6 Å². The van der Waals surface area contributed by atoms with Crippen molar-refractivity contribution in [1.82, 2.24) is 9.99 Å². The number of aromatic nitrogens is 1. The molecule has 1 unspecified atom stereocenters. The maximum Gasteiger partial charge on any atom is 0.251 e. The summed E-state index contributed by atoms with van der Waals surface area (Å²) in [5, 5.41) is 16.2. The van der Waals surface area contributed by atoms with Crippen LogP contribution in [0.15, 0.2) is 70.7 Å². The van der Waals surface area contributed by atoms with E-state index in [1.165, 1.54) is 10.6 Å². The number of pyridine rings is 1. The number of anilines is 1. The standard InChI is InChI=1S/C24H24ClN7O2/c1-14(2)22(24(34)29-19-7-4-15(5-8-19)23(30-27)31-28)32-10-9-16(11-21(32)33)20-12-18(25)6-3-17(20)13-26/h3-12,14,22H,27-28H2,1-2H3,(H,29,34)(H,30,31). The zero-order valence-corrected chi connectivity index (χ0v) is 19.4. The van der Waals surface area contributed by atoms with Crippen molar-refractivity contribution in [2.24, 2.45) is 22.7 Å². The van der Waals surface area contributed by atoms with Crippen molar-refractivity contribution in [3.63, 3.8) is 0 Å². The summed E-state index contributed by atoms with van der Waals surface area (Å²) in [7, 11) is 0. The van der Waals surface area contributed by atoms with Gasteiger partial charge in [-0.2, -0.15) is 10.4 Å². The number of nitrogens with zero attached hydrogens (tertiary/aromatic N) is 3. The third-order valence-corrected chi connectivity index (χ3v) is 5.49. The lowest BCUT2D eigenvalue weighted by molar-refractivity contribution is -0.120. The van der Waals surface area contributed by atoms with E-state index in [1.807, 2.05) is 13.8 Å². The predicted molar refractivity (Wildman–Crippen MR) is 133 cm³/mol. The summed E-state index contributed by atoms with van der Waals surface area (Å²) in [5.41, 5.74) is 4.70. The molecule has 0 aliphatic carbocycles. The van der Waals surface area contributed by atoms with Gasteiger partial charge in [0.2, 0.25) is 5.91 Å². The highest BCUT2D eigenvalue weighted by molar-refractivity contribution is 6.30. The van der Waals surface area contributed by atoms with Crippen molar-refractivity contribution < 1.29 is 4.79 Å². The minimum absolute atomic E-state index is 0.180. The summed E-state index contributed by atoms with van der Waals surface area (Å²) < 4.78 is 1.38. The van der Waals surface area contributed by atoms with Gasteiger partial charge in [0, 0.05) is 34.1 Å². The fourth-order valence-electron chi connectivity index (χ4n) is 3.61. The number of carbonyl (C=O) groups excluding carboxylic acids is 1. The molecule has 1 aromatic heterocycles. The Balaban J connectivity index is 1.89. The monoisotopic (exact) mass is 477 g/mol. The van der Waals surface area contributed by atoms with Crippen molar-refractivity contribution >= 4 is 29.0 Å². The van der Waals surface area contributed by atoms with Gasteiger partial charge in [-0.3, -0.25) is 9.59 Å². The number of hydrazone groups is 1. The first-order chi connectivity index (χ1) is 16.3. The van der Waals surface area contributed by atoms with E-state index in [1.54, 1.807) is 54.7 Å². The Morgan fingerprint density at radius 2 is 1.85 bits per heavy atom. The number of nitrogens with one attached hydrogen (secondary N) is 2. The average Bonchev–Trinajstić information content (AvgIpc) is 2.82. The number of nitrogens with two attached hydrogens (primary N) is 2. The molecule has 0 fully saturated rings. The molecular formula is C24H24ClN7O2. The van der Waals surface area contributed by atoms with Crippen LogP contribution in [0.1, 0.15) is 31.0 Å². The molecule has 3 aromatic rings. The molecule has 0 aliphatic heterocycles. The van der Waals surface area contributed by atoms with Gasteiger partial charge < -0.3 is 21.2 Å². The Morgan fingerprint density at radius 1 is 1.15 bits per heavy atom. The van der Waals surface area contributed by atoms with Crippen LogP contribution in [-0.2, 0) is 4.79 Å². The number of rotatable bonds is 6. The van der Waals surface area contributed by atoms with E-state index < -0.39 is 6.04 Å². The van der Waals surface area contributed by atoms with Crippen LogP contribution in [0, 0.1) is 17.2 Å². The molecule has 0 saturated carbocycles. The minimum Gasteiger partial charge on any atom is -0.324 e. The maximum atomic E-state index is 13.1. The van der Waals surface area contributed by atoms with E-state index in [-0.39, 0.29) is 17.4 Å². The third kappa shape index (κ3) is 5.26. The number of carbonyl (C=O) groups is 1. The molecule has 0 bridgehead atoms. The number of hydrazine groups is 1. The van der Waals surface area contributed by atoms with Gasteiger partial charge in [0.05, 0.1) is 11.6 Å². The zero-order valence-electron chi connectivity index (χ0n) is 18.6. The largest absolute Gasteiger partial charge is 0.324 e. The van der Waals surface area contributed by atoms with Crippen LogP contribution in [0.25, 0.3) is 11.1 Å². The summed E-state index contributed by atoms with van der Waals surface area (Å²) >= 11 is 6.08. The van der Waals surface area contributed by atoms with E-state index in [0.29, 0.717) is 38.8 Å². The molecule has 10 heteroatoms. The molecular weight excluding hydrogens is 454 g/mol. The summed E-state index contributed by atoms with van der Waals surface area (Å²) in [5.74, 6) is 10.4. The normalized spacial score (nSPS) is 12.2. The first kappa shape index (κ1) is 24.5. The van der Waals surface area contributed by atoms with Crippen LogP contribution in [0.4, 0.5) is 5.69 Å². The van der Waals surface area contributed by atoms with Crippen molar-refractivity contribution in [3.8, 4) is 17.2 Å². The second-order valence-corrected chi connectivity index (χ2v) is 8.28. The molecule has 1 heterocycles. The van der Waals surface area contributed by atoms with Gasteiger partial charge in [0.1, 0.15) is 6.04 Å². The lowest BCUT2D eigenvalue weighted by atomic mass is 10.00. The van der Waals surface area contributed by atoms with Gasteiger partial charge >= 0.3 is 0 Å².